The number of halogens is 3. The SMILES string of the molecule is C#Cc1c(C)ccnc1Oc1cc(C(F)(F)F)nn1C. The summed E-state index contributed by atoms with van der Waals surface area (Å²) in [5.74, 6) is 2.38. The van der Waals surface area contributed by atoms with Crippen LogP contribution in [0.15, 0.2) is 18.3 Å². The molecule has 0 radical (unpaired) electrons. The number of nitrogens with zero attached hydrogens (tertiary/aromatic N) is 3. The molecular formula is C13H10F3N3O. The van der Waals surface area contributed by atoms with Crippen LogP contribution >= 0.6 is 0 Å². The number of aromatic nitrogens is 3. The molecule has 104 valence electrons. The normalized spacial score (nSPS) is 11.2. The number of hydrogen-bond acceptors (Lipinski definition) is 3. The molecule has 0 atom stereocenters. The van der Waals surface area contributed by atoms with E-state index in [4.69, 9.17) is 11.2 Å². The molecule has 0 aliphatic carbocycles. The Morgan fingerprint density at radius 3 is 2.65 bits per heavy atom. The molecule has 2 rings (SSSR count). The van der Waals surface area contributed by atoms with E-state index in [0.717, 1.165) is 16.3 Å². The van der Waals surface area contributed by atoms with Crippen molar-refractivity contribution in [2.75, 3.05) is 0 Å². The van der Waals surface area contributed by atoms with Gasteiger partial charge in [-0.15, -0.1) is 6.42 Å². The maximum absolute atomic E-state index is 12.6. The van der Waals surface area contributed by atoms with Crippen LogP contribution in [0, 0.1) is 19.3 Å². The van der Waals surface area contributed by atoms with Crippen LogP contribution in [0.3, 0.4) is 0 Å². The zero-order valence-corrected chi connectivity index (χ0v) is 10.7. The molecule has 0 amide bonds. The largest absolute Gasteiger partial charge is 0.435 e. The van der Waals surface area contributed by atoms with E-state index in [2.05, 4.69) is 16.0 Å². The molecule has 0 N–H and O–H groups in total. The Kier molecular flexibility index (Phi) is 3.40. The summed E-state index contributed by atoms with van der Waals surface area (Å²) in [6, 6.07) is 2.48. The van der Waals surface area contributed by atoms with Gasteiger partial charge in [0.2, 0.25) is 11.8 Å². The van der Waals surface area contributed by atoms with Crippen LogP contribution in [0.4, 0.5) is 13.2 Å². The van der Waals surface area contributed by atoms with Crippen molar-refractivity contribution in [1.29, 1.82) is 0 Å². The Morgan fingerprint density at radius 1 is 1.40 bits per heavy atom. The predicted molar refractivity (Wildman–Crippen MR) is 65.2 cm³/mol. The van der Waals surface area contributed by atoms with Gasteiger partial charge in [0, 0.05) is 19.3 Å². The third-order valence-corrected chi connectivity index (χ3v) is 2.60. The lowest BCUT2D eigenvalue weighted by atomic mass is 10.1. The van der Waals surface area contributed by atoms with E-state index in [1.807, 2.05) is 0 Å². The van der Waals surface area contributed by atoms with E-state index in [1.165, 1.54) is 13.2 Å². The van der Waals surface area contributed by atoms with Gasteiger partial charge in [0.25, 0.3) is 0 Å². The lowest BCUT2D eigenvalue weighted by Gasteiger charge is -2.07. The first-order valence-corrected chi connectivity index (χ1v) is 5.54. The smallest absolute Gasteiger partial charge is 0.420 e. The minimum Gasteiger partial charge on any atom is -0.420 e. The van der Waals surface area contributed by atoms with Gasteiger partial charge in [0.05, 0.1) is 5.56 Å². The van der Waals surface area contributed by atoms with Crippen molar-refractivity contribution in [2.45, 2.75) is 13.1 Å². The highest BCUT2D eigenvalue weighted by molar-refractivity contribution is 5.47. The lowest BCUT2D eigenvalue weighted by Crippen LogP contribution is -2.06. The first-order chi connectivity index (χ1) is 9.32. The van der Waals surface area contributed by atoms with E-state index in [-0.39, 0.29) is 11.8 Å². The Balaban J connectivity index is 2.39. The van der Waals surface area contributed by atoms with Crippen molar-refractivity contribution in [1.82, 2.24) is 14.8 Å². The van der Waals surface area contributed by atoms with Crippen LogP contribution in [0.2, 0.25) is 0 Å². The van der Waals surface area contributed by atoms with Gasteiger partial charge in [-0.3, -0.25) is 0 Å². The van der Waals surface area contributed by atoms with E-state index in [9.17, 15) is 13.2 Å². The van der Waals surface area contributed by atoms with Crippen molar-refractivity contribution in [2.24, 2.45) is 7.05 Å². The minimum absolute atomic E-state index is 0.0734. The van der Waals surface area contributed by atoms with Gasteiger partial charge in [-0.2, -0.15) is 18.3 Å². The van der Waals surface area contributed by atoms with Crippen molar-refractivity contribution in [3.63, 3.8) is 0 Å². The topological polar surface area (TPSA) is 39.9 Å². The average Bonchev–Trinajstić information content (AvgIpc) is 2.71. The van der Waals surface area contributed by atoms with Gasteiger partial charge in [0.1, 0.15) is 0 Å². The third-order valence-electron chi connectivity index (χ3n) is 2.60. The standard InChI is InChI=1S/C13H10F3N3O/c1-4-9-8(2)5-6-17-12(9)20-11-7-10(13(14,15)16)18-19(11)3/h1,5-7H,2-3H3. The Morgan fingerprint density at radius 2 is 2.10 bits per heavy atom. The summed E-state index contributed by atoms with van der Waals surface area (Å²) in [6.07, 6.45) is 2.28. The van der Waals surface area contributed by atoms with Crippen molar-refractivity contribution in [3.05, 3.63) is 35.2 Å². The van der Waals surface area contributed by atoms with Crippen molar-refractivity contribution < 1.29 is 17.9 Å². The maximum atomic E-state index is 12.6. The molecule has 0 aliphatic rings. The molecule has 0 saturated heterocycles. The molecule has 20 heavy (non-hydrogen) atoms. The molecule has 0 saturated carbocycles. The molecule has 0 spiro atoms. The second kappa shape index (κ2) is 4.89. The Bertz CT molecular complexity index is 683. The quantitative estimate of drug-likeness (QED) is 0.795. The maximum Gasteiger partial charge on any atom is 0.435 e. The molecule has 0 aliphatic heterocycles. The molecule has 2 aromatic heterocycles. The number of aryl methyl sites for hydroxylation is 2. The summed E-state index contributed by atoms with van der Waals surface area (Å²) >= 11 is 0. The van der Waals surface area contributed by atoms with Gasteiger partial charge >= 0.3 is 6.18 Å². The fraction of sp³-hybridized carbons (Fsp3) is 0.231. The zero-order chi connectivity index (χ0) is 14.9. The fourth-order valence-corrected chi connectivity index (χ4v) is 1.57. The number of hydrogen-bond donors (Lipinski definition) is 0. The highest BCUT2D eigenvalue weighted by atomic mass is 19.4. The van der Waals surface area contributed by atoms with Crippen LogP contribution < -0.4 is 4.74 Å². The van der Waals surface area contributed by atoms with Gasteiger partial charge in [-0.25, -0.2) is 9.67 Å². The zero-order valence-electron chi connectivity index (χ0n) is 10.7. The number of rotatable bonds is 2. The van der Waals surface area contributed by atoms with Crippen LogP contribution in [-0.2, 0) is 13.2 Å². The van der Waals surface area contributed by atoms with Gasteiger partial charge in [-0.1, -0.05) is 5.92 Å². The molecule has 0 unspecified atom stereocenters. The van der Waals surface area contributed by atoms with Crippen LogP contribution in [0.5, 0.6) is 11.8 Å². The number of terminal acetylenes is 1. The Labute approximate surface area is 113 Å². The third kappa shape index (κ3) is 2.59. The highest BCUT2D eigenvalue weighted by Crippen LogP contribution is 2.32. The van der Waals surface area contributed by atoms with Gasteiger partial charge < -0.3 is 4.74 Å². The van der Waals surface area contributed by atoms with Crippen LogP contribution in [-0.4, -0.2) is 14.8 Å². The predicted octanol–water partition coefficient (Wildman–Crippen LogP) is 2.92. The van der Waals surface area contributed by atoms with E-state index in [0.29, 0.717) is 5.56 Å². The first-order valence-electron chi connectivity index (χ1n) is 5.54. The molecule has 2 heterocycles. The van der Waals surface area contributed by atoms with Crippen molar-refractivity contribution >= 4 is 0 Å². The summed E-state index contributed by atoms with van der Waals surface area (Å²) in [6.45, 7) is 1.76. The minimum atomic E-state index is -4.53. The first kappa shape index (κ1) is 13.9. The number of pyridine rings is 1. The number of alkyl halides is 3. The highest BCUT2D eigenvalue weighted by Gasteiger charge is 2.35. The monoisotopic (exact) mass is 281 g/mol. The van der Waals surface area contributed by atoms with E-state index < -0.39 is 11.9 Å². The second-order valence-electron chi connectivity index (χ2n) is 4.04. The molecular weight excluding hydrogens is 271 g/mol. The summed E-state index contributed by atoms with van der Waals surface area (Å²) in [7, 11) is 1.34. The van der Waals surface area contributed by atoms with Gasteiger partial charge in [0.15, 0.2) is 5.69 Å². The fourth-order valence-electron chi connectivity index (χ4n) is 1.57. The second-order valence-corrected chi connectivity index (χ2v) is 4.04. The molecule has 0 aromatic carbocycles. The number of ether oxygens (including phenoxy) is 1. The summed E-state index contributed by atoms with van der Waals surface area (Å²) < 4.78 is 44.0. The lowest BCUT2D eigenvalue weighted by molar-refractivity contribution is -0.141. The molecule has 7 heteroatoms. The molecule has 4 nitrogen and oxygen atoms in total. The molecule has 0 bridgehead atoms. The summed E-state index contributed by atoms with van der Waals surface area (Å²) in [5, 5.41) is 3.34. The van der Waals surface area contributed by atoms with Crippen molar-refractivity contribution in [3.8, 4) is 24.1 Å². The summed E-state index contributed by atoms with van der Waals surface area (Å²) in [5.41, 5.74) is 0.0999. The molecule has 0 fully saturated rings. The molecule has 2 aromatic rings. The van der Waals surface area contributed by atoms with Crippen LogP contribution in [0.25, 0.3) is 0 Å². The average molecular weight is 281 g/mol. The summed E-state index contributed by atoms with van der Waals surface area (Å²) in [4.78, 5) is 3.93. The van der Waals surface area contributed by atoms with E-state index in [1.54, 1.807) is 13.0 Å². The van der Waals surface area contributed by atoms with E-state index >= 15 is 0 Å². The van der Waals surface area contributed by atoms with Crippen LogP contribution in [0.1, 0.15) is 16.8 Å². The van der Waals surface area contributed by atoms with Gasteiger partial charge in [-0.05, 0) is 18.6 Å². The Hall–Kier alpha value is -2.49.